The van der Waals surface area contributed by atoms with Crippen molar-refractivity contribution in [3.05, 3.63) is 76.2 Å². The number of benzene rings is 2. The van der Waals surface area contributed by atoms with Crippen molar-refractivity contribution in [2.45, 2.75) is 20.0 Å². The van der Waals surface area contributed by atoms with Gasteiger partial charge in [-0.05, 0) is 43.3 Å². The largest absolute Gasteiger partial charge is 0.350 e. The van der Waals surface area contributed by atoms with Crippen molar-refractivity contribution >= 4 is 22.6 Å². The predicted molar refractivity (Wildman–Crippen MR) is 97.3 cm³/mol. The summed E-state index contributed by atoms with van der Waals surface area (Å²) in [5.41, 5.74) is 2.54. The smallest absolute Gasteiger partial charge is 0.329 e. The van der Waals surface area contributed by atoms with Crippen LogP contribution in [0.15, 0.2) is 59.7 Å². The maximum atomic E-state index is 12.7. The van der Waals surface area contributed by atoms with E-state index in [4.69, 9.17) is 11.6 Å². The summed E-state index contributed by atoms with van der Waals surface area (Å²) in [7, 11) is 0. The topological polar surface area (TPSA) is 57.6 Å². The van der Waals surface area contributed by atoms with Crippen LogP contribution in [0.5, 0.6) is 0 Å². The van der Waals surface area contributed by atoms with Crippen LogP contribution in [0.2, 0.25) is 5.02 Å². The maximum absolute atomic E-state index is 12.7. The van der Waals surface area contributed by atoms with E-state index in [2.05, 4.69) is 10.1 Å². The van der Waals surface area contributed by atoms with Gasteiger partial charge in [0.15, 0.2) is 0 Å². The molecule has 0 saturated carbocycles. The Bertz CT molecular complexity index is 1090. The number of aromatic nitrogens is 5. The van der Waals surface area contributed by atoms with Crippen molar-refractivity contribution < 1.29 is 0 Å². The second-order valence-corrected chi connectivity index (χ2v) is 6.23. The molecule has 0 aliphatic heterocycles. The van der Waals surface area contributed by atoms with Crippen LogP contribution in [0, 0.1) is 6.92 Å². The van der Waals surface area contributed by atoms with Crippen molar-refractivity contribution in [2.75, 3.05) is 0 Å². The van der Waals surface area contributed by atoms with E-state index in [0.717, 1.165) is 11.0 Å². The minimum Gasteiger partial charge on any atom is -0.329 e. The summed E-state index contributed by atoms with van der Waals surface area (Å²) in [6, 6.07) is 15.0. The maximum Gasteiger partial charge on any atom is 0.350 e. The highest BCUT2D eigenvalue weighted by molar-refractivity contribution is 6.30. The SMILES string of the molecule is Cc1nn(-c2ccc(Cl)cc2)c(=O)n1CCn1cnc2ccccc21. The highest BCUT2D eigenvalue weighted by Crippen LogP contribution is 2.13. The number of nitrogens with zero attached hydrogens (tertiary/aromatic N) is 5. The average molecular weight is 354 g/mol. The molecule has 2 heterocycles. The second-order valence-electron chi connectivity index (χ2n) is 5.80. The Labute approximate surface area is 148 Å². The number of rotatable bonds is 4. The van der Waals surface area contributed by atoms with E-state index >= 15 is 0 Å². The highest BCUT2D eigenvalue weighted by Gasteiger charge is 2.12. The number of imidazole rings is 1. The fourth-order valence-electron chi connectivity index (χ4n) is 2.90. The molecule has 0 amide bonds. The van der Waals surface area contributed by atoms with E-state index in [1.807, 2.05) is 35.8 Å². The van der Waals surface area contributed by atoms with Gasteiger partial charge in [0, 0.05) is 18.1 Å². The first-order chi connectivity index (χ1) is 12.1. The molecule has 4 rings (SSSR count). The molecular formula is C18H16ClN5O. The fourth-order valence-corrected chi connectivity index (χ4v) is 3.02. The van der Waals surface area contributed by atoms with Gasteiger partial charge in [0.2, 0.25) is 0 Å². The van der Waals surface area contributed by atoms with E-state index in [-0.39, 0.29) is 5.69 Å². The molecule has 0 aliphatic carbocycles. The third-order valence-corrected chi connectivity index (χ3v) is 4.46. The van der Waals surface area contributed by atoms with E-state index in [1.54, 1.807) is 35.2 Å². The summed E-state index contributed by atoms with van der Waals surface area (Å²) in [5.74, 6) is 0.671. The Kier molecular flexibility index (Phi) is 3.89. The molecule has 0 N–H and O–H groups in total. The van der Waals surface area contributed by atoms with Crippen LogP contribution in [0.1, 0.15) is 5.82 Å². The van der Waals surface area contributed by atoms with Gasteiger partial charge in [-0.1, -0.05) is 23.7 Å². The van der Waals surface area contributed by atoms with E-state index in [0.29, 0.717) is 29.6 Å². The minimum atomic E-state index is -0.163. The number of halogens is 1. The van der Waals surface area contributed by atoms with Crippen LogP contribution in [0.4, 0.5) is 0 Å². The number of fused-ring (bicyclic) bond motifs is 1. The summed E-state index contributed by atoms with van der Waals surface area (Å²) < 4.78 is 5.11. The van der Waals surface area contributed by atoms with Crippen LogP contribution in [0.25, 0.3) is 16.7 Å². The first kappa shape index (κ1) is 15.7. The minimum absolute atomic E-state index is 0.163. The van der Waals surface area contributed by atoms with Crippen LogP contribution < -0.4 is 5.69 Å². The molecule has 7 heteroatoms. The molecule has 0 unspecified atom stereocenters. The molecule has 126 valence electrons. The fraction of sp³-hybridized carbons (Fsp3) is 0.167. The van der Waals surface area contributed by atoms with Crippen molar-refractivity contribution in [1.29, 1.82) is 0 Å². The molecule has 0 saturated heterocycles. The molecule has 4 aromatic rings. The number of hydrogen-bond donors (Lipinski definition) is 0. The zero-order valence-corrected chi connectivity index (χ0v) is 14.4. The summed E-state index contributed by atoms with van der Waals surface area (Å²) >= 11 is 5.91. The average Bonchev–Trinajstić information content (AvgIpc) is 3.15. The van der Waals surface area contributed by atoms with Crippen LogP contribution >= 0.6 is 11.6 Å². The number of aryl methyl sites for hydroxylation is 2. The van der Waals surface area contributed by atoms with Gasteiger partial charge in [-0.15, -0.1) is 0 Å². The third kappa shape index (κ3) is 2.85. The van der Waals surface area contributed by atoms with Crippen molar-refractivity contribution in [1.82, 2.24) is 23.9 Å². The zero-order valence-electron chi connectivity index (χ0n) is 13.6. The molecule has 25 heavy (non-hydrogen) atoms. The molecule has 2 aromatic carbocycles. The normalized spacial score (nSPS) is 11.3. The molecule has 2 aromatic heterocycles. The van der Waals surface area contributed by atoms with Gasteiger partial charge in [0.05, 0.1) is 23.0 Å². The molecule has 0 radical (unpaired) electrons. The molecule has 0 bridgehead atoms. The number of hydrogen-bond acceptors (Lipinski definition) is 3. The highest BCUT2D eigenvalue weighted by atomic mass is 35.5. The van der Waals surface area contributed by atoms with Crippen molar-refractivity contribution in [2.24, 2.45) is 0 Å². The summed E-state index contributed by atoms with van der Waals surface area (Å²) in [6.45, 7) is 3.01. The van der Waals surface area contributed by atoms with Gasteiger partial charge in [-0.3, -0.25) is 4.57 Å². The molecule has 0 spiro atoms. The van der Waals surface area contributed by atoms with Gasteiger partial charge >= 0.3 is 5.69 Å². The Balaban J connectivity index is 1.63. The van der Waals surface area contributed by atoms with E-state index in [1.165, 1.54) is 4.68 Å². The molecule has 0 atom stereocenters. The quantitative estimate of drug-likeness (QED) is 0.566. The standard InChI is InChI=1S/C18H16ClN5O/c1-13-21-24(15-8-6-14(19)7-9-15)18(25)23(13)11-10-22-12-20-16-4-2-3-5-17(16)22/h2-9,12H,10-11H2,1H3. The first-order valence-electron chi connectivity index (χ1n) is 7.96. The summed E-state index contributed by atoms with van der Waals surface area (Å²) in [5, 5.41) is 5.00. The Hall–Kier alpha value is -2.86. The Morgan fingerprint density at radius 3 is 2.60 bits per heavy atom. The van der Waals surface area contributed by atoms with E-state index < -0.39 is 0 Å². The summed E-state index contributed by atoms with van der Waals surface area (Å²) in [4.78, 5) is 17.1. The molecule has 0 aliphatic rings. The lowest BCUT2D eigenvalue weighted by Gasteiger charge is -2.05. The first-order valence-corrected chi connectivity index (χ1v) is 8.33. The lowest BCUT2D eigenvalue weighted by molar-refractivity contribution is 0.562. The summed E-state index contributed by atoms with van der Waals surface area (Å²) in [6.07, 6.45) is 1.80. The van der Waals surface area contributed by atoms with Gasteiger partial charge in [0.25, 0.3) is 0 Å². The Morgan fingerprint density at radius 2 is 1.80 bits per heavy atom. The van der Waals surface area contributed by atoms with Gasteiger partial charge in [-0.25, -0.2) is 9.78 Å². The molecule has 0 fully saturated rings. The molecular weight excluding hydrogens is 338 g/mol. The van der Waals surface area contributed by atoms with Gasteiger partial charge in [-0.2, -0.15) is 9.78 Å². The number of para-hydroxylation sites is 2. The lowest BCUT2D eigenvalue weighted by atomic mass is 10.3. The monoisotopic (exact) mass is 353 g/mol. The lowest BCUT2D eigenvalue weighted by Crippen LogP contribution is -2.25. The van der Waals surface area contributed by atoms with Crippen LogP contribution in [-0.2, 0) is 13.1 Å². The van der Waals surface area contributed by atoms with E-state index in [9.17, 15) is 4.79 Å². The van der Waals surface area contributed by atoms with Gasteiger partial charge in [0.1, 0.15) is 5.82 Å². The second kappa shape index (κ2) is 6.22. The third-order valence-electron chi connectivity index (χ3n) is 4.21. The van der Waals surface area contributed by atoms with Gasteiger partial charge < -0.3 is 4.57 Å². The van der Waals surface area contributed by atoms with Crippen molar-refractivity contribution in [3.8, 4) is 5.69 Å². The zero-order chi connectivity index (χ0) is 17.4. The van der Waals surface area contributed by atoms with Crippen LogP contribution in [0.3, 0.4) is 0 Å². The predicted octanol–water partition coefficient (Wildman–Crippen LogP) is 3.05. The Morgan fingerprint density at radius 1 is 1.04 bits per heavy atom. The van der Waals surface area contributed by atoms with Crippen LogP contribution in [-0.4, -0.2) is 23.9 Å². The van der Waals surface area contributed by atoms with Crippen molar-refractivity contribution in [3.63, 3.8) is 0 Å². The molecule has 6 nitrogen and oxygen atoms in total.